The molecular formula is C14H16Cl2N2O3. The van der Waals surface area contributed by atoms with Crippen LogP contribution in [0.1, 0.15) is 12.8 Å². The van der Waals surface area contributed by atoms with Gasteiger partial charge in [0, 0.05) is 13.1 Å². The molecule has 0 aliphatic carbocycles. The second kappa shape index (κ2) is 7.00. The zero-order chi connectivity index (χ0) is 15.4. The summed E-state index contributed by atoms with van der Waals surface area (Å²) in [5.74, 6) is -0.458. The number of methoxy groups -OCH3 is 1. The van der Waals surface area contributed by atoms with Gasteiger partial charge in [-0.05, 0) is 25.0 Å². The van der Waals surface area contributed by atoms with E-state index in [2.05, 4.69) is 10.1 Å². The SMILES string of the molecule is COC(=O)N1CCCC(C(=O)Nc2cccc(Cl)c2Cl)C1. The number of nitrogens with zero attached hydrogens (tertiary/aromatic N) is 1. The average molecular weight is 331 g/mol. The summed E-state index contributed by atoms with van der Waals surface area (Å²) < 4.78 is 4.69. The topological polar surface area (TPSA) is 58.6 Å². The first kappa shape index (κ1) is 15.9. The molecule has 1 aliphatic rings. The van der Waals surface area contributed by atoms with E-state index in [0.29, 0.717) is 28.8 Å². The Labute approximate surface area is 133 Å². The molecule has 0 spiro atoms. The van der Waals surface area contributed by atoms with Crippen molar-refractivity contribution in [2.24, 2.45) is 5.92 Å². The minimum absolute atomic E-state index is 0.173. The summed E-state index contributed by atoms with van der Waals surface area (Å²) in [6.45, 7) is 0.949. The summed E-state index contributed by atoms with van der Waals surface area (Å²) in [6, 6.07) is 5.05. The van der Waals surface area contributed by atoms with E-state index >= 15 is 0 Å². The van der Waals surface area contributed by atoms with E-state index in [1.807, 2.05) is 0 Å². The van der Waals surface area contributed by atoms with Crippen LogP contribution in [0.25, 0.3) is 0 Å². The Hall–Kier alpha value is -1.46. The number of halogens is 2. The molecule has 1 aromatic rings. The van der Waals surface area contributed by atoms with Crippen LogP contribution < -0.4 is 5.32 Å². The standard InChI is InChI=1S/C14H16Cl2N2O3/c1-21-14(20)18-7-3-4-9(8-18)13(19)17-11-6-2-5-10(15)12(11)16/h2,5-6,9H,3-4,7-8H2,1H3,(H,17,19). The predicted octanol–water partition coefficient (Wildman–Crippen LogP) is 3.41. The number of piperidine rings is 1. The van der Waals surface area contributed by atoms with Gasteiger partial charge in [0.05, 0.1) is 28.8 Å². The molecule has 0 radical (unpaired) electrons. The number of anilines is 1. The third kappa shape index (κ3) is 3.80. The lowest BCUT2D eigenvalue weighted by Gasteiger charge is -2.30. The van der Waals surface area contributed by atoms with E-state index in [4.69, 9.17) is 23.2 Å². The molecule has 1 aliphatic heterocycles. The highest BCUT2D eigenvalue weighted by atomic mass is 35.5. The van der Waals surface area contributed by atoms with E-state index in [0.717, 1.165) is 12.8 Å². The fourth-order valence-electron chi connectivity index (χ4n) is 2.32. The van der Waals surface area contributed by atoms with Crippen molar-refractivity contribution in [2.45, 2.75) is 12.8 Å². The van der Waals surface area contributed by atoms with Crippen molar-refractivity contribution in [3.05, 3.63) is 28.2 Å². The molecule has 114 valence electrons. The van der Waals surface area contributed by atoms with Gasteiger partial charge >= 0.3 is 6.09 Å². The van der Waals surface area contributed by atoms with Crippen LogP contribution in [0.15, 0.2) is 18.2 Å². The highest BCUT2D eigenvalue weighted by Crippen LogP contribution is 2.30. The summed E-state index contributed by atoms with van der Waals surface area (Å²) in [5.41, 5.74) is 0.476. The van der Waals surface area contributed by atoms with Crippen LogP contribution in [-0.4, -0.2) is 37.1 Å². The van der Waals surface area contributed by atoms with Crippen molar-refractivity contribution < 1.29 is 14.3 Å². The minimum Gasteiger partial charge on any atom is -0.453 e. The van der Waals surface area contributed by atoms with Crippen LogP contribution in [0.2, 0.25) is 10.0 Å². The number of nitrogens with one attached hydrogen (secondary N) is 1. The first-order chi connectivity index (χ1) is 10.0. The smallest absolute Gasteiger partial charge is 0.409 e. The van der Waals surface area contributed by atoms with Crippen LogP contribution in [-0.2, 0) is 9.53 Å². The van der Waals surface area contributed by atoms with Gasteiger partial charge in [-0.2, -0.15) is 0 Å². The van der Waals surface area contributed by atoms with Gasteiger partial charge in [0.2, 0.25) is 5.91 Å². The lowest BCUT2D eigenvalue weighted by molar-refractivity contribution is -0.121. The van der Waals surface area contributed by atoms with E-state index in [-0.39, 0.29) is 11.8 Å². The molecule has 1 aromatic carbocycles. The Morgan fingerprint density at radius 2 is 2.14 bits per heavy atom. The van der Waals surface area contributed by atoms with Gasteiger partial charge in [0.15, 0.2) is 0 Å². The van der Waals surface area contributed by atoms with E-state index in [9.17, 15) is 9.59 Å². The molecule has 5 nitrogen and oxygen atoms in total. The summed E-state index contributed by atoms with van der Waals surface area (Å²) in [4.78, 5) is 25.4. The Kier molecular flexibility index (Phi) is 5.31. The maximum atomic E-state index is 12.3. The zero-order valence-corrected chi connectivity index (χ0v) is 13.1. The van der Waals surface area contributed by atoms with Crippen LogP contribution in [0.4, 0.5) is 10.5 Å². The fourth-order valence-corrected chi connectivity index (χ4v) is 2.67. The molecule has 2 rings (SSSR count). The number of carbonyl (C=O) groups excluding carboxylic acids is 2. The van der Waals surface area contributed by atoms with E-state index in [1.165, 1.54) is 12.0 Å². The van der Waals surface area contributed by atoms with E-state index in [1.54, 1.807) is 18.2 Å². The second-order valence-electron chi connectivity index (χ2n) is 4.85. The Morgan fingerprint density at radius 1 is 1.38 bits per heavy atom. The molecule has 0 bridgehead atoms. The normalized spacial score (nSPS) is 18.2. The van der Waals surface area contributed by atoms with Gasteiger partial charge in [0.25, 0.3) is 0 Å². The first-order valence-corrected chi connectivity index (χ1v) is 7.36. The average Bonchev–Trinajstić information content (AvgIpc) is 2.51. The summed E-state index contributed by atoms with van der Waals surface area (Å²) in [6.07, 6.45) is 1.07. The maximum absolute atomic E-state index is 12.3. The van der Waals surface area contributed by atoms with Gasteiger partial charge in [0.1, 0.15) is 0 Å². The van der Waals surface area contributed by atoms with Crippen LogP contribution in [0, 0.1) is 5.92 Å². The van der Waals surface area contributed by atoms with Crippen LogP contribution in [0.3, 0.4) is 0 Å². The van der Waals surface area contributed by atoms with Gasteiger partial charge in [-0.1, -0.05) is 29.3 Å². The molecule has 1 unspecified atom stereocenters. The number of amides is 2. The van der Waals surface area contributed by atoms with Gasteiger partial charge < -0.3 is 15.0 Å². The predicted molar refractivity (Wildman–Crippen MR) is 81.8 cm³/mol. The molecule has 1 atom stereocenters. The Morgan fingerprint density at radius 3 is 2.86 bits per heavy atom. The number of hydrogen-bond acceptors (Lipinski definition) is 3. The number of carbonyl (C=O) groups is 2. The van der Waals surface area contributed by atoms with Crippen LogP contribution >= 0.6 is 23.2 Å². The molecule has 1 saturated heterocycles. The van der Waals surface area contributed by atoms with E-state index < -0.39 is 6.09 Å². The minimum atomic E-state index is -0.409. The number of rotatable bonds is 2. The van der Waals surface area contributed by atoms with Gasteiger partial charge in [-0.25, -0.2) is 4.79 Å². The van der Waals surface area contributed by atoms with Crippen molar-refractivity contribution in [1.82, 2.24) is 4.90 Å². The number of likely N-dealkylation sites (tertiary alicyclic amines) is 1. The first-order valence-electron chi connectivity index (χ1n) is 6.60. The highest BCUT2D eigenvalue weighted by Gasteiger charge is 2.29. The largest absolute Gasteiger partial charge is 0.453 e. The van der Waals surface area contributed by atoms with Gasteiger partial charge in [-0.3, -0.25) is 4.79 Å². The van der Waals surface area contributed by atoms with Crippen LogP contribution in [0.5, 0.6) is 0 Å². The number of benzene rings is 1. The molecule has 7 heteroatoms. The fraction of sp³-hybridized carbons (Fsp3) is 0.429. The number of hydrogen-bond donors (Lipinski definition) is 1. The molecule has 2 amide bonds. The highest BCUT2D eigenvalue weighted by molar-refractivity contribution is 6.44. The van der Waals surface area contributed by atoms with Crippen molar-refractivity contribution in [3.63, 3.8) is 0 Å². The molecule has 21 heavy (non-hydrogen) atoms. The monoisotopic (exact) mass is 330 g/mol. The quantitative estimate of drug-likeness (QED) is 0.903. The lowest BCUT2D eigenvalue weighted by Crippen LogP contribution is -2.43. The lowest BCUT2D eigenvalue weighted by atomic mass is 9.97. The molecule has 1 fully saturated rings. The second-order valence-corrected chi connectivity index (χ2v) is 5.63. The molecule has 1 N–H and O–H groups in total. The third-order valence-corrected chi connectivity index (χ3v) is 4.25. The zero-order valence-electron chi connectivity index (χ0n) is 11.6. The van der Waals surface area contributed by atoms with Crippen molar-refractivity contribution >= 4 is 40.9 Å². The summed E-state index contributed by atoms with van der Waals surface area (Å²) in [5, 5.41) is 3.46. The summed E-state index contributed by atoms with van der Waals surface area (Å²) in [7, 11) is 1.33. The Balaban J connectivity index is 2.03. The summed E-state index contributed by atoms with van der Waals surface area (Å²) >= 11 is 12.0. The third-order valence-electron chi connectivity index (χ3n) is 3.43. The number of ether oxygens (including phenoxy) is 1. The molecular weight excluding hydrogens is 315 g/mol. The molecule has 0 saturated carbocycles. The molecule has 0 aromatic heterocycles. The molecule has 1 heterocycles. The van der Waals surface area contributed by atoms with Gasteiger partial charge in [-0.15, -0.1) is 0 Å². The van der Waals surface area contributed by atoms with Crippen molar-refractivity contribution in [2.75, 3.05) is 25.5 Å². The van der Waals surface area contributed by atoms with Crippen molar-refractivity contribution in [1.29, 1.82) is 0 Å². The maximum Gasteiger partial charge on any atom is 0.409 e. The Bertz CT molecular complexity index is 551. The van der Waals surface area contributed by atoms with Crippen molar-refractivity contribution in [3.8, 4) is 0 Å².